The van der Waals surface area contributed by atoms with Gasteiger partial charge in [0, 0.05) is 55.9 Å². The Morgan fingerprint density at radius 1 is 1.03 bits per heavy atom. The number of aliphatic carboxylic acids is 1. The zero-order valence-corrected chi connectivity index (χ0v) is 21.8. The number of amides is 1. The lowest BCUT2D eigenvalue weighted by molar-refractivity contribution is -0.192. The highest BCUT2D eigenvalue weighted by Gasteiger charge is 2.38. The fraction of sp³-hybridized carbons (Fsp3) is 0.333. The number of carbonyl (C=O) groups excluding carboxylic acids is 1. The third-order valence-electron chi connectivity index (χ3n) is 5.99. The molecule has 4 rings (SSSR count). The molecule has 1 aliphatic heterocycles. The Morgan fingerprint density at radius 2 is 1.63 bits per heavy atom. The number of hydrogen-bond donors (Lipinski definition) is 2. The van der Waals surface area contributed by atoms with Crippen LogP contribution in [0.15, 0.2) is 60.7 Å². The average Bonchev–Trinajstić information content (AvgIpc) is 3.36. The van der Waals surface area contributed by atoms with Crippen molar-refractivity contribution < 1.29 is 32.3 Å². The minimum Gasteiger partial charge on any atom is -0.475 e. The molecule has 1 fully saturated rings. The molecule has 2 heterocycles. The van der Waals surface area contributed by atoms with Crippen molar-refractivity contribution in [3.8, 4) is 10.4 Å². The molecule has 1 aliphatic rings. The second-order valence-electron chi connectivity index (χ2n) is 9.03. The molecule has 1 saturated heterocycles. The van der Waals surface area contributed by atoms with E-state index in [1.54, 1.807) is 18.2 Å². The summed E-state index contributed by atoms with van der Waals surface area (Å²) in [4.78, 5) is 27.5. The Bertz CT molecular complexity index is 1220. The van der Waals surface area contributed by atoms with Gasteiger partial charge in [0.15, 0.2) is 0 Å². The lowest BCUT2D eigenvalue weighted by Crippen LogP contribution is -2.44. The van der Waals surface area contributed by atoms with Gasteiger partial charge in [0.05, 0.1) is 4.88 Å². The quantitative estimate of drug-likeness (QED) is 0.388. The summed E-state index contributed by atoms with van der Waals surface area (Å²) in [5.74, 6) is -3.09. The lowest BCUT2D eigenvalue weighted by atomic mass is 10.0. The van der Waals surface area contributed by atoms with Crippen molar-refractivity contribution in [3.63, 3.8) is 0 Å². The van der Waals surface area contributed by atoms with Crippen LogP contribution < -0.4 is 10.2 Å². The van der Waals surface area contributed by atoms with E-state index in [-0.39, 0.29) is 17.8 Å². The number of carboxylic acid groups (broad SMARTS) is 1. The van der Waals surface area contributed by atoms with E-state index in [1.165, 1.54) is 28.7 Å². The number of carbonyl (C=O) groups is 2. The van der Waals surface area contributed by atoms with E-state index < -0.39 is 12.1 Å². The van der Waals surface area contributed by atoms with Crippen LogP contribution in [0.3, 0.4) is 0 Å². The molecule has 0 aliphatic carbocycles. The van der Waals surface area contributed by atoms with E-state index in [1.807, 2.05) is 26.2 Å². The van der Waals surface area contributed by atoms with E-state index in [9.17, 15) is 22.4 Å². The Balaban J connectivity index is 0.000000505. The molecule has 0 bridgehead atoms. The standard InChI is InChI=1S/C25H28FN3OS.C2HF3O2/c1-28(2)20-9-7-18(8-10-20)17-29-15-13-19(14-16-29)27-25(30)24-12-11-23(31-24)21-5-3-4-6-22(21)26;3-2(4,5)1(6)7/h3-12,19H,13-17H2,1-2H3,(H,27,30);(H,6,7). The number of thiophene rings is 1. The van der Waals surface area contributed by atoms with Crippen molar-refractivity contribution in [2.45, 2.75) is 31.6 Å². The fourth-order valence-corrected chi connectivity index (χ4v) is 4.85. The first-order valence-corrected chi connectivity index (χ1v) is 12.7. The van der Waals surface area contributed by atoms with Crippen LogP contribution in [0.5, 0.6) is 0 Å². The monoisotopic (exact) mass is 551 g/mol. The van der Waals surface area contributed by atoms with Gasteiger partial charge >= 0.3 is 12.1 Å². The van der Waals surface area contributed by atoms with Gasteiger partial charge in [-0.05, 0) is 48.7 Å². The molecule has 0 atom stereocenters. The topological polar surface area (TPSA) is 72.9 Å². The van der Waals surface area contributed by atoms with E-state index in [0.717, 1.165) is 37.4 Å². The summed E-state index contributed by atoms with van der Waals surface area (Å²) in [5, 5.41) is 10.3. The fourth-order valence-electron chi connectivity index (χ4n) is 3.92. The van der Waals surface area contributed by atoms with Gasteiger partial charge in [-0.25, -0.2) is 9.18 Å². The molecule has 38 heavy (non-hydrogen) atoms. The number of hydrogen-bond acceptors (Lipinski definition) is 5. The maximum atomic E-state index is 14.0. The number of benzene rings is 2. The molecule has 11 heteroatoms. The van der Waals surface area contributed by atoms with Crippen molar-refractivity contribution in [1.29, 1.82) is 0 Å². The average molecular weight is 552 g/mol. The minimum atomic E-state index is -5.08. The van der Waals surface area contributed by atoms with Crippen molar-refractivity contribution in [2.75, 3.05) is 32.1 Å². The lowest BCUT2D eigenvalue weighted by Gasteiger charge is -2.32. The summed E-state index contributed by atoms with van der Waals surface area (Å²) < 4.78 is 45.7. The van der Waals surface area contributed by atoms with Crippen LogP contribution in [0.1, 0.15) is 28.1 Å². The third-order valence-corrected chi connectivity index (χ3v) is 7.11. The Labute approximate surface area is 222 Å². The van der Waals surface area contributed by atoms with E-state index in [0.29, 0.717) is 10.4 Å². The molecule has 0 saturated carbocycles. The summed E-state index contributed by atoms with van der Waals surface area (Å²) in [6.07, 6.45) is -3.21. The van der Waals surface area contributed by atoms with E-state index in [4.69, 9.17) is 9.90 Å². The molecule has 2 N–H and O–H groups in total. The molecule has 1 amide bonds. The van der Waals surface area contributed by atoms with Gasteiger partial charge in [-0.3, -0.25) is 9.69 Å². The predicted octanol–water partition coefficient (Wildman–Crippen LogP) is 5.65. The van der Waals surface area contributed by atoms with Gasteiger partial charge < -0.3 is 15.3 Å². The molecule has 204 valence electrons. The summed E-state index contributed by atoms with van der Waals surface area (Å²) in [5.41, 5.74) is 3.06. The highest BCUT2D eigenvalue weighted by atomic mass is 32.1. The normalized spacial score (nSPS) is 14.4. The molecule has 2 aromatic carbocycles. The molecule has 1 aromatic heterocycles. The highest BCUT2D eigenvalue weighted by Crippen LogP contribution is 2.30. The zero-order valence-electron chi connectivity index (χ0n) is 21.0. The second-order valence-corrected chi connectivity index (χ2v) is 10.1. The van der Waals surface area contributed by atoms with Crippen LogP contribution in [0.2, 0.25) is 0 Å². The first-order valence-electron chi connectivity index (χ1n) is 11.9. The van der Waals surface area contributed by atoms with Crippen molar-refractivity contribution in [1.82, 2.24) is 10.2 Å². The number of nitrogens with one attached hydrogen (secondary N) is 1. The molecule has 3 aromatic rings. The van der Waals surface area contributed by atoms with Crippen LogP contribution in [0.4, 0.5) is 23.2 Å². The number of nitrogens with zero attached hydrogens (tertiary/aromatic N) is 2. The number of piperidine rings is 1. The number of alkyl halides is 3. The van der Waals surface area contributed by atoms with Gasteiger partial charge in [0.1, 0.15) is 5.82 Å². The Kier molecular flexibility index (Phi) is 9.87. The van der Waals surface area contributed by atoms with Gasteiger partial charge in [0.25, 0.3) is 5.91 Å². The molecule has 0 spiro atoms. The number of anilines is 1. The van der Waals surface area contributed by atoms with Gasteiger partial charge in [-0.1, -0.05) is 30.3 Å². The maximum Gasteiger partial charge on any atom is 0.490 e. The van der Waals surface area contributed by atoms with Crippen molar-refractivity contribution in [2.24, 2.45) is 0 Å². The molecular formula is C27H29F4N3O3S. The highest BCUT2D eigenvalue weighted by molar-refractivity contribution is 7.17. The molecule has 6 nitrogen and oxygen atoms in total. The number of carboxylic acids is 1. The van der Waals surface area contributed by atoms with Crippen LogP contribution in [-0.4, -0.2) is 61.3 Å². The van der Waals surface area contributed by atoms with Crippen LogP contribution >= 0.6 is 11.3 Å². The number of likely N-dealkylation sites (tertiary alicyclic amines) is 1. The molecule has 0 radical (unpaired) electrons. The largest absolute Gasteiger partial charge is 0.490 e. The SMILES string of the molecule is CN(C)c1ccc(CN2CCC(NC(=O)c3ccc(-c4ccccc4F)s3)CC2)cc1.O=C(O)C(F)(F)F. The van der Waals surface area contributed by atoms with Crippen molar-refractivity contribution >= 4 is 28.9 Å². The number of halogens is 4. The minimum absolute atomic E-state index is 0.0645. The maximum absolute atomic E-state index is 14.0. The van der Waals surface area contributed by atoms with Crippen LogP contribution in [0, 0.1) is 5.82 Å². The van der Waals surface area contributed by atoms with E-state index >= 15 is 0 Å². The Morgan fingerprint density at radius 3 is 2.18 bits per heavy atom. The first-order chi connectivity index (χ1) is 17.9. The molecule has 0 unspecified atom stereocenters. The summed E-state index contributed by atoms with van der Waals surface area (Å²) in [6.45, 7) is 2.86. The van der Waals surface area contributed by atoms with Crippen molar-refractivity contribution in [3.05, 3.63) is 76.9 Å². The summed E-state index contributed by atoms with van der Waals surface area (Å²) in [6, 6.07) is 19.1. The number of rotatable bonds is 6. The van der Waals surface area contributed by atoms with Gasteiger partial charge in [0.2, 0.25) is 0 Å². The predicted molar refractivity (Wildman–Crippen MR) is 140 cm³/mol. The van der Waals surface area contributed by atoms with Crippen LogP contribution in [-0.2, 0) is 11.3 Å². The van der Waals surface area contributed by atoms with Gasteiger partial charge in [-0.15, -0.1) is 11.3 Å². The summed E-state index contributed by atoms with van der Waals surface area (Å²) >= 11 is 1.34. The van der Waals surface area contributed by atoms with Gasteiger partial charge in [-0.2, -0.15) is 13.2 Å². The smallest absolute Gasteiger partial charge is 0.475 e. The molecular weight excluding hydrogens is 522 g/mol. The van der Waals surface area contributed by atoms with Crippen LogP contribution in [0.25, 0.3) is 10.4 Å². The first kappa shape index (κ1) is 29.1. The second kappa shape index (κ2) is 12.9. The Hall–Kier alpha value is -3.44. The third kappa shape index (κ3) is 8.29. The summed E-state index contributed by atoms with van der Waals surface area (Å²) in [7, 11) is 4.09. The zero-order chi connectivity index (χ0) is 27.9. The van der Waals surface area contributed by atoms with E-state index in [2.05, 4.69) is 39.4 Å².